The van der Waals surface area contributed by atoms with Gasteiger partial charge in [-0.15, -0.1) is 0 Å². The first-order chi connectivity index (χ1) is 9.47. The van der Waals surface area contributed by atoms with Gasteiger partial charge in [-0.25, -0.2) is 0 Å². The second-order valence-electron chi connectivity index (χ2n) is 4.28. The van der Waals surface area contributed by atoms with Gasteiger partial charge in [-0.2, -0.15) is 0 Å². The van der Waals surface area contributed by atoms with Gasteiger partial charge in [-0.1, -0.05) is 36.4 Å². The van der Waals surface area contributed by atoms with Crippen LogP contribution >= 0.6 is 0 Å². The van der Waals surface area contributed by atoms with Crippen LogP contribution in [-0.4, -0.2) is 21.3 Å². The number of nitrogens with zero attached hydrogens (tertiary/aromatic N) is 2. The number of hydrogen-bond acceptors (Lipinski definition) is 5. The Labute approximate surface area is 113 Å². The third-order valence-electron chi connectivity index (χ3n) is 3.08. The lowest BCUT2D eigenvalue weighted by atomic mass is 9.93. The van der Waals surface area contributed by atoms with E-state index in [1.165, 1.54) is 6.08 Å². The van der Waals surface area contributed by atoms with Crippen molar-refractivity contribution in [2.75, 3.05) is 0 Å². The molecule has 7 heteroatoms. The molecular weight excluding hydrogens is 264 g/mol. The van der Waals surface area contributed by atoms with E-state index in [0.717, 1.165) is 12.2 Å². The lowest BCUT2D eigenvalue weighted by Crippen LogP contribution is -2.45. The van der Waals surface area contributed by atoms with Gasteiger partial charge in [0.2, 0.25) is 0 Å². The average molecular weight is 274 g/mol. The van der Waals surface area contributed by atoms with Gasteiger partial charge < -0.3 is 0 Å². The van der Waals surface area contributed by atoms with Crippen LogP contribution < -0.4 is 0 Å². The fourth-order valence-corrected chi connectivity index (χ4v) is 1.88. The van der Waals surface area contributed by atoms with Crippen molar-refractivity contribution in [1.29, 1.82) is 0 Å². The lowest BCUT2D eigenvalue weighted by molar-refractivity contribution is -0.780. The van der Waals surface area contributed by atoms with Crippen molar-refractivity contribution in [3.63, 3.8) is 0 Å². The first-order valence-corrected chi connectivity index (χ1v) is 5.75. The van der Waals surface area contributed by atoms with Crippen molar-refractivity contribution in [2.24, 2.45) is 0 Å². The maximum atomic E-state index is 12.1. The molecule has 0 fully saturated rings. The zero-order chi connectivity index (χ0) is 14.8. The molecule has 0 aliphatic heterocycles. The minimum atomic E-state index is -2.37. The number of ketones is 1. The lowest BCUT2D eigenvalue weighted by Gasteiger charge is -2.15. The predicted octanol–water partition coefficient (Wildman–Crippen LogP) is 2.01. The Morgan fingerprint density at radius 1 is 1.10 bits per heavy atom. The van der Waals surface area contributed by atoms with Gasteiger partial charge in [0.25, 0.3) is 0 Å². The van der Waals surface area contributed by atoms with Gasteiger partial charge in [-0.05, 0) is 6.08 Å². The summed E-state index contributed by atoms with van der Waals surface area (Å²) in [5.74, 6) is -0.317. The normalized spacial score (nSPS) is 16.3. The SMILES string of the molecule is O=C(C1=CCC([N+](=O)[O-])([N+](=O)[O-])C=C1)c1ccccc1. The Balaban J connectivity index is 2.27. The topological polar surface area (TPSA) is 103 Å². The van der Waals surface area contributed by atoms with E-state index >= 15 is 0 Å². The largest absolute Gasteiger partial charge is 0.481 e. The number of allylic oxidation sites excluding steroid dienone is 2. The highest BCUT2D eigenvalue weighted by Gasteiger charge is 2.53. The molecule has 0 bridgehead atoms. The number of Topliss-reactive ketones (excluding diaryl/α,β-unsaturated/α-hetero) is 1. The number of carbonyl (C=O) groups excluding carboxylic acids is 1. The summed E-state index contributed by atoms with van der Waals surface area (Å²) >= 11 is 0. The van der Waals surface area contributed by atoms with Gasteiger partial charge in [0, 0.05) is 11.1 Å². The van der Waals surface area contributed by atoms with E-state index in [-0.39, 0.29) is 11.4 Å². The summed E-state index contributed by atoms with van der Waals surface area (Å²) in [5.41, 5.74) is -1.73. The van der Waals surface area contributed by atoms with Crippen LogP contribution in [0.5, 0.6) is 0 Å². The van der Waals surface area contributed by atoms with E-state index in [1.54, 1.807) is 30.3 Å². The molecule has 0 unspecified atom stereocenters. The van der Waals surface area contributed by atoms with E-state index in [0.29, 0.717) is 5.56 Å². The fourth-order valence-electron chi connectivity index (χ4n) is 1.88. The Morgan fingerprint density at radius 3 is 2.15 bits per heavy atom. The van der Waals surface area contributed by atoms with Crippen LogP contribution in [0.25, 0.3) is 0 Å². The van der Waals surface area contributed by atoms with Crippen LogP contribution in [0.1, 0.15) is 16.8 Å². The number of nitro groups is 2. The molecule has 7 nitrogen and oxygen atoms in total. The number of hydrogen-bond donors (Lipinski definition) is 0. The second-order valence-corrected chi connectivity index (χ2v) is 4.28. The van der Waals surface area contributed by atoms with Crippen molar-refractivity contribution in [3.05, 3.63) is 79.9 Å². The van der Waals surface area contributed by atoms with Crippen molar-refractivity contribution in [2.45, 2.75) is 12.1 Å². The summed E-state index contributed by atoms with van der Waals surface area (Å²) in [4.78, 5) is 31.9. The highest BCUT2D eigenvalue weighted by atomic mass is 16.7. The second kappa shape index (κ2) is 5.04. The highest BCUT2D eigenvalue weighted by Crippen LogP contribution is 2.26. The summed E-state index contributed by atoms with van der Waals surface area (Å²) in [6.45, 7) is 0. The summed E-state index contributed by atoms with van der Waals surface area (Å²) in [6.07, 6.45) is 2.80. The fraction of sp³-hybridized carbons (Fsp3) is 0.154. The Hall–Kier alpha value is -2.83. The van der Waals surface area contributed by atoms with Crippen LogP contribution in [0.15, 0.2) is 54.1 Å². The molecule has 0 radical (unpaired) electrons. The molecule has 0 saturated heterocycles. The van der Waals surface area contributed by atoms with Crippen molar-refractivity contribution in [3.8, 4) is 0 Å². The van der Waals surface area contributed by atoms with E-state index < -0.39 is 21.9 Å². The molecule has 0 aromatic heterocycles. The molecule has 0 heterocycles. The molecule has 0 atom stereocenters. The molecule has 0 N–H and O–H groups in total. The van der Waals surface area contributed by atoms with Crippen LogP contribution in [0.4, 0.5) is 0 Å². The van der Waals surface area contributed by atoms with E-state index in [9.17, 15) is 25.0 Å². The molecule has 20 heavy (non-hydrogen) atoms. The maximum absolute atomic E-state index is 12.1. The van der Waals surface area contributed by atoms with E-state index in [4.69, 9.17) is 0 Å². The number of rotatable bonds is 4. The van der Waals surface area contributed by atoms with Crippen LogP contribution in [0, 0.1) is 20.2 Å². The molecule has 1 aliphatic carbocycles. The predicted molar refractivity (Wildman–Crippen MR) is 69.3 cm³/mol. The minimum Gasteiger partial charge on any atom is -0.289 e. The summed E-state index contributed by atoms with van der Waals surface area (Å²) in [6, 6.07) is 8.36. The molecule has 0 saturated carbocycles. The maximum Gasteiger partial charge on any atom is 0.481 e. The van der Waals surface area contributed by atoms with Crippen molar-refractivity contribution < 1.29 is 14.6 Å². The smallest absolute Gasteiger partial charge is 0.289 e. The van der Waals surface area contributed by atoms with Crippen LogP contribution in [-0.2, 0) is 0 Å². The molecule has 1 aromatic carbocycles. The van der Waals surface area contributed by atoms with Gasteiger partial charge in [-0.3, -0.25) is 25.0 Å². The molecular formula is C13H10N2O5. The van der Waals surface area contributed by atoms with Crippen molar-refractivity contribution in [1.82, 2.24) is 0 Å². The standard InChI is InChI=1S/C13H10N2O5/c16-12(10-4-2-1-3-5-10)11-6-8-13(9-7-11,14(17)18)15(19)20/h1-8H,9H2. The third kappa shape index (κ3) is 2.20. The quantitative estimate of drug-likeness (QED) is 0.361. The average Bonchev–Trinajstić information content (AvgIpc) is 2.47. The molecule has 1 aliphatic rings. The monoisotopic (exact) mass is 274 g/mol. The van der Waals surface area contributed by atoms with Crippen LogP contribution in [0.3, 0.4) is 0 Å². The first kappa shape index (κ1) is 13.6. The number of benzene rings is 1. The zero-order valence-electron chi connectivity index (χ0n) is 10.3. The van der Waals surface area contributed by atoms with Crippen molar-refractivity contribution >= 4 is 5.78 Å². The van der Waals surface area contributed by atoms with Gasteiger partial charge in [0.05, 0.1) is 6.08 Å². The summed E-state index contributed by atoms with van der Waals surface area (Å²) in [5, 5.41) is 21.7. The number of carbonyl (C=O) groups is 1. The summed E-state index contributed by atoms with van der Waals surface area (Å²) < 4.78 is 0. The van der Waals surface area contributed by atoms with Gasteiger partial charge in [0.1, 0.15) is 16.3 Å². The minimum absolute atomic E-state index is 0.218. The summed E-state index contributed by atoms with van der Waals surface area (Å²) in [7, 11) is 0. The highest BCUT2D eigenvalue weighted by molar-refractivity contribution is 6.10. The molecule has 102 valence electrons. The Morgan fingerprint density at radius 2 is 1.70 bits per heavy atom. The van der Waals surface area contributed by atoms with Crippen LogP contribution in [0.2, 0.25) is 0 Å². The van der Waals surface area contributed by atoms with E-state index in [1.807, 2.05) is 0 Å². The van der Waals surface area contributed by atoms with Gasteiger partial charge in [0.15, 0.2) is 5.78 Å². The first-order valence-electron chi connectivity index (χ1n) is 5.75. The molecule has 2 rings (SSSR count). The third-order valence-corrected chi connectivity index (χ3v) is 3.08. The molecule has 0 amide bonds. The molecule has 1 aromatic rings. The zero-order valence-corrected chi connectivity index (χ0v) is 10.3. The molecule has 0 spiro atoms. The van der Waals surface area contributed by atoms with E-state index in [2.05, 4.69) is 0 Å². The van der Waals surface area contributed by atoms with Gasteiger partial charge >= 0.3 is 5.66 Å². The Kier molecular flexibility index (Phi) is 3.43. The Bertz CT molecular complexity index is 619.